The molecular formula is C18H17F4N3O5S. The van der Waals surface area contributed by atoms with Crippen molar-refractivity contribution in [2.45, 2.75) is 25.6 Å². The van der Waals surface area contributed by atoms with E-state index in [0.717, 1.165) is 24.5 Å². The summed E-state index contributed by atoms with van der Waals surface area (Å²) in [4.78, 5) is 22.5. The van der Waals surface area contributed by atoms with E-state index < -0.39 is 56.6 Å². The molecule has 0 bridgehead atoms. The SMILES string of the molecule is CC(C(=O)NCc1ccc(C(F)(F)F)cc1[N+](=O)[O-])c1ccc(NS(C)(=O)=O)c(F)c1. The fourth-order valence-corrected chi connectivity index (χ4v) is 3.19. The zero-order valence-electron chi connectivity index (χ0n) is 16.2. The van der Waals surface area contributed by atoms with Gasteiger partial charge < -0.3 is 5.32 Å². The lowest BCUT2D eigenvalue weighted by molar-refractivity contribution is -0.385. The van der Waals surface area contributed by atoms with E-state index in [1.807, 2.05) is 4.72 Å². The van der Waals surface area contributed by atoms with E-state index >= 15 is 0 Å². The van der Waals surface area contributed by atoms with Gasteiger partial charge in [0.25, 0.3) is 5.69 Å². The Labute approximate surface area is 174 Å². The molecule has 31 heavy (non-hydrogen) atoms. The second kappa shape index (κ2) is 8.88. The number of halogens is 4. The Morgan fingerprint density at radius 1 is 1.19 bits per heavy atom. The summed E-state index contributed by atoms with van der Waals surface area (Å²) in [6.45, 7) is 0.989. The summed E-state index contributed by atoms with van der Waals surface area (Å²) in [5, 5.41) is 13.5. The Morgan fingerprint density at radius 3 is 2.35 bits per heavy atom. The monoisotopic (exact) mass is 463 g/mol. The Hall–Kier alpha value is -3.22. The number of benzene rings is 2. The number of carbonyl (C=O) groups is 1. The van der Waals surface area contributed by atoms with Crippen LogP contribution in [0.4, 0.5) is 28.9 Å². The number of amides is 1. The number of alkyl halides is 3. The Bertz CT molecular complexity index is 1120. The van der Waals surface area contributed by atoms with Crippen LogP contribution in [0, 0.1) is 15.9 Å². The van der Waals surface area contributed by atoms with Crippen molar-refractivity contribution >= 4 is 27.3 Å². The summed E-state index contributed by atoms with van der Waals surface area (Å²) in [6, 6.07) is 5.36. The van der Waals surface area contributed by atoms with E-state index in [9.17, 15) is 40.9 Å². The highest BCUT2D eigenvalue weighted by Gasteiger charge is 2.33. The van der Waals surface area contributed by atoms with Crippen LogP contribution in [0.15, 0.2) is 36.4 Å². The van der Waals surface area contributed by atoms with Crippen LogP contribution in [-0.4, -0.2) is 25.5 Å². The van der Waals surface area contributed by atoms with Crippen LogP contribution < -0.4 is 10.0 Å². The van der Waals surface area contributed by atoms with Crippen molar-refractivity contribution in [3.8, 4) is 0 Å². The molecule has 13 heteroatoms. The molecule has 1 atom stereocenters. The predicted molar refractivity (Wildman–Crippen MR) is 103 cm³/mol. The third-order valence-electron chi connectivity index (χ3n) is 4.24. The topological polar surface area (TPSA) is 118 Å². The summed E-state index contributed by atoms with van der Waals surface area (Å²) in [7, 11) is -3.71. The third kappa shape index (κ3) is 6.38. The molecule has 2 N–H and O–H groups in total. The van der Waals surface area contributed by atoms with E-state index in [1.54, 1.807) is 0 Å². The van der Waals surface area contributed by atoms with E-state index in [-0.39, 0.29) is 16.8 Å². The predicted octanol–water partition coefficient (Wildman–Crippen LogP) is 3.54. The highest BCUT2D eigenvalue weighted by molar-refractivity contribution is 7.92. The first kappa shape index (κ1) is 24.1. The van der Waals surface area contributed by atoms with Gasteiger partial charge in [0, 0.05) is 18.2 Å². The second-order valence-electron chi connectivity index (χ2n) is 6.65. The summed E-state index contributed by atoms with van der Waals surface area (Å²) in [5.41, 5.74) is -2.25. The average molecular weight is 463 g/mol. The van der Waals surface area contributed by atoms with Crippen molar-refractivity contribution < 1.29 is 35.7 Å². The van der Waals surface area contributed by atoms with Gasteiger partial charge >= 0.3 is 6.18 Å². The number of nitrogens with zero attached hydrogens (tertiary/aromatic N) is 1. The lowest BCUT2D eigenvalue weighted by Gasteiger charge is -2.15. The van der Waals surface area contributed by atoms with Crippen molar-refractivity contribution in [3.05, 3.63) is 69.0 Å². The van der Waals surface area contributed by atoms with Gasteiger partial charge in [0.05, 0.1) is 28.3 Å². The molecule has 0 aliphatic rings. The second-order valence-corrected chi connectivity index (χ2v) is 8.40. The van der Waals surface area contributed by atoms with Crippen LogP contribution in [0.2, 0.25) is 0 Å². The molecule has 0 aliphatic heterocycles. The molecule has 2 aromatic carbocycles. The maximum Gasteiger partial charge on any atom is 0.416 e. The maximum absolute atomic E-state index is 14.1. The third-order valence-corrected chi connectivity index (χ3v) is 4.83. The molecule has 168 valence electrons. The Kier molecular flexibility index (Phi) is 6.89. The molecular weight excluding hydrogens is 446 g/mol. The molecule has 0 fully saturated rings. The quantitative estimate of drug-likeness (QED) is 0.370. The first-order valence-corrected chi connectivity index (χ1v) is 10.5. The number of rotatable bonds is 7. The smallest absolute Gasteiger partial charge is 0.351 e. The highest BCUT2D eigenvalue weighted by Crippen LogP contribution is 2.33. The van der Waals surface area contributed by atoms with E-state index in [2.05, 4.69) is 5.32 Å². The number of hydrogen-bond acceptors (Lipinski definition) is 5. The minimum absolute atomic E-state index is 0.141. The number of carbonyl (C=O) groups excluding carboxylic acids is 1. The molecule has 0 heterocycles. The van der Waals surface area contributed by atoms with Crippen LogP contribution in [0.5, 0.6) is 0 Å². The van der Waals surface area contributed by atoms with E-state index in [0.29, 0.717) is 12.1 Å². The molecule has 0 aromatic heterocycles. The van der Waals surface area contributed by atoms with Gasteiger partial charge in [-0.25, -0.2) is 12.8 Å². The van der Waals surface area contributed by atoms with Crippen molar-refractivity contribution in [2.75, 3.05) is 11.0 Å². The number of nitro groups is 1. The van der Waals surface area contributed by atoms with Gasteiger partial charge in [-0.3, -0.25) is 19.6 Å². The van der Waals surface area contributed by atoms with Crippen molar-refractivity contribution in [2.24, 2.45) is 0 Å². The van der Waals surface area contributed by atoms with Crippen molar-refractivity contribution in [1.29, 1.82) is 0 Å². The molecule has 2 rings (SSSR count). The highest BCUT2D eigenvalue weighted by atomic mass is 32.2. The van der Waals surface area contributed by atoms with Crippen molar-refractivity contribution in [3.63, 3.8) is 0 Å². The zero-order valence-corrected chi connectivity index (χ0v) is 17.0. The van der Waals surface area contributed by atoms with Crippen LogP contribution in [0.3, 0.4) is 0 Å². The van der Waals surface area contributed by atoms with E-state index in [4.69, 9.17) is 0 Å². The molecule has 8 nitrogen and oxygen atoms in total. The largest absolute Gasteiger partial charge is 0.416 e. The standard InChI is InChI=1S/C18H17F4N3O5S/c1-10(11-4-6-15(14(19)7-11)24-31(2,29)30)17(26)23-9-12-3-5-13(18(20,21)22)8-16(12)25(27)28/h3-8,10,24H,9H2,1-2H3,(H,23,26). The zero-order chi connectivity index (χ0) is 23.6. The van der Waals surface area contributed by atoms with Crippen molar-refractivity contribution in [1.82, 2.24) is 5.32 Å². The van der Waals surface area contributed by atoms with Gasteiger partial charge in [-0.15, -0.1) is 0 Å². The minimum Gasteiger partial charge on any atom is -0.351 e. The number of nitro benzene ring substituents is 1. The van der Waals surface area contributed by atoms with Crippen LogP contribution in [0.1, 0.15) is 29.5 Å². The molecule has 0 radical (unpaired) electrons. The first-order valence-electron chi connectivity index (χ1n) is 8.58. The minimum atomic E-state index is -4.76. The molecule has 1 amide bonds. The number of sulfonamides is 1. The lowest BCUT2D eigenvalue weighted by atomic mass is 9.99. The van der Waals surface area contributed by atoms with Gasteiger partial charge in [-0.2, -0.15) is 13.2 Å². The van der Waals surface area contributed by atoms with Gasteiger partial charge in [0.1, 0.15) is 5.82 Å². The van der Waals surface area contributed by atoms with Crippen LogP contribution in [0.25, 0.3) is 0 Å². The fraction of sp³-hybridized carbons (Fsp3) is 0.278. The van der Waals surface area contributed by atoms with Gasteiger partial charge in [0.2, 0.25) is 15.9 Å². The van der Waals surface area contributed by atoms with Crippen LogP contribution >= 0.6 is 0 Å². The normalized spacial score (nSPS) is 12.8. The first-order chi connectivity index (χ1) is 14.2. The number of nitrogens with one attached hydrogen (secondary N) is 2. The van der Waals surface area contributed by atoms with Gasteiger partial charge in [-0.05, 0) is 36.8 Å². The maximum atomic E-state index is 14.1. The fourth-order valence-electron chi connectivity index (χ4n) is 2.63. The molecule has 0 saturated carbocycles. The average Bonchev–Trinajstić information content (AvgIpc) is 2.65. The lowest BCUT2D eigenvalue weighted by Crippen LogP contribution is -2.28. The Morgan fingerprint density at radius 2 is 1.84 bits per heavy atom. The molecule has 0 aliphatic carbocycles. The summed E-state index contributed by atoms with van der Waals surface area (Å²) in [6.07, 6.45) is -3.92. The molecule has 2 aromatic rings. The summed E-state index contributed by atoms with van der Waals surface area (Å²) >= 11 is 0. The Balaban J connectivity index is 2.16. The summed E-state index contributed by atoms with van der Waals surface area (Å²) < 4.78 is 76.8. The molecule has 0 spiro atoms. The van der Waals surface area contributed by atoms with Crippen LogP contribution in [-0.2, 0) is 27.5 Å². The van der Waals surface area contributed by atoms with E-state index in [1.165, 1.54) is 13.0 Å². The molecule has 1 unspecified atom stereocenters. The van der Waals surface area contributed by atoms with Gasteiger partial charge in [-0.1, -0.05) is 6.07 Å². The molecule has 0 saturated heterocycles. The summed E-state index contributed by atoms with van der Waals surface area (Å²) in [5.74, 6) is -2.52. The van der Waals surface area contributed by atoms with Gasteiger partial charge in [0.15, 0.2) is 0 Å². The number of anilines is 1. The number of hydrogen-bond donors (Lipinski definition) is 2.